The van der Waals surface area contributed by atoms with Crippen LogP contribution in [0.25, 0.3) is 10.8 Å². The summed E-state index contributed by atoms with van der Waals surface area (Å²) in [5, 5.41) is 2.66. The van der Waals surface area contributed by atoms with Crippen molar-refractivity contribution in [3.8, 4) is 0 Å². The first kappa shape index (κ1) is 14.6. The zero-order valence-corrected chi connectivity index (χ0v) is 13.1. The lowest BCUT2D eigenvalue weighted by Crippen LogP contribution is -2.45. The third-order valence-corrected chi connectivity index (χ3v) is 5.00. The monoisotopic (exact) mass is 282 g/mol. The number of fused-ring (bicyclic) bond motifs is 1. The number of benzene rings is 2. The molecule has 1 aliphatic heterocycles. The molecule has 0 amide bonds. The highest BCUT2D eigenvalue weighted by Crippen LogP contribution is 2.33. The summed E-state index contributed by atoms with van der Waals surface area (Å²) < 4.78 is 0. The third kappa shape index (κ3) is 2.83. The summed E-state index contributed by atoms with van der Waals surface area (Å²) in [5.74, 6) is 0.835. The van der Waals surface area contributed by atoms with Gasteiger partial charge in [-0.15, -0.1) is 0 Å². The molecule has 2 aromatic carbocycles. The Morgan fingerprint density at radius 3 is 2.67 bits per heavy atom. The second kappa shape index (κ2) is 6.17. The number of nitrogens with zero attached hydrogens (tertiary/aromatic N) is 1. The van der Waals surface area contributed by atoms with E-state index in [1.54, 1.807) is 0 Å². The van der Waals surface area contributed by atoms with Crippen molar-refractivity contribution >= 4 is 10.8 Å². The molecule has 0 aromatic heterocycles. The van der Waals surface area contributed by atoms with Crippen LogP contribution in [0.3, 0.4) is 0 Å². The van der Waals surface area contributed by atoms with Gasteiger partial charge in [0.1, 0.15) is 0 Å². The van der Waals surface area contributed by atoms with Crippen LogP contribution >= 0.6 is 0 Å². The Labute approximate surface area is 127 Å². The molecular weight excluding hydrogens is 256 g/mol. The average Bonchev–Trinajstić information content (AvgIpc) is 2.50. The molecule has 2 aromatic rings. The lowest BCUT2D eigenvalue weighted by atomic mass is 9.89. The van der Waals surface area contributed by atoms with E-state index >= 15 is 0 Å². The quantitative estimate of drug-likeness (QED) is 0.923. The highest BCUT2D eigenvalue weighted by Gasteiger charge is 2.29. The molecule has 3 rings (SSSR count). The molecule has 21 heavy (non-hydrogen) atoms. The molecule has 0 saturated carbocycles. The van der Waals surface area contributed by atoms with E-state index in [2.05, 4.69) is 61.2 Å². The molecule has 0 aliphatic carbocycles. The molecule has 1 heterocycles. The predicted molar refractivity (Wildman–Crippen MR) is 90.3 cm³/mol. The fraction of sp³-hybridized carbons (Fsp3) is 0.474. The minimum atomic E-state index is 0.332. The van der Waals surface area contributed by atoms with Crippen LogP contribution in [0.5, 0.6) is 0 Å². The first-order chi connectivity index (χ1) is 10.2. The Kier molecular flexibility index (Phi) is 4.27. The van der Waals surface area contributed by atoms with Crippen molar-refractivity contribution in [3.05, 3.63) is 48.0 Å². The van der Waals surface area contributed by atoms with Crippen LogP contribution in [-0.2, 0) is 0 Å². The lowest BCUT2D eigenvalue weighted by Gasteiger charge is -2.42. The number of likely N-dealkylation sites (tertiary alicyclic amines) is 1. The minimum absolute atomic E-state index is 0.332. The molecule has 0 spiro atoms. The maximum absolute atomic E-state index is 6.18. The first-order valence-corrected chi connectivity index (χ1v) is 8.14. The maximum atomic E-state index is 6.18. The van der Waals surface area contributed by atoms with Gasteiger partial charge in [0.25, 0.3) is 0 Å². The molecular formula is C19H26N2. The predicted octanol–water partition coefficient (Wildman–Crippen LogP) is 3.96. The summed E-state index contributed by atoms with van der Waals surface area (Å²) in [5.41, 5.74) is 7.57. The Hall–Kier alpha value is -1.38. The van der Waals surface area contributed by atoms with Crippen LogP contribution in [0.4, 0.5) is 0 Å². The van der Waals surface area contributed by atoms with E-state index < -0.39 is 0 Å². The molecule has 1 saturated heterocycles. The highest BCUT2D eigenvalue weighted by atomic mass is 15.2. The average molecular weight is 282 g/mol. The topological polar surface area (TPSA) is 29.3 Å². The Balaban J connectivity index is 1.98. The van der Waals surface area contributed by atoms with Crippen LogP contribution in [0.1, 0.15) is 38.3 Å². The molecule has 0 radical (unpaired) electrons. The van der Waals surface area contributed by atoms with Gasteiger partial charge in [-0.2, -0.15) is 0 Å². The maximum Gasteiger partial charge on any atom is 0.0479 e. The first-order valence-electron chi connectivity index (χ1n) is 8.14. The molecule has 3 atom stereocenters. The minimum Gasteiger partial charge on any atom is -0.329 e. The van der Waals surface area contributed by atoms with E-state index in [-0.39, 0.29) is 0 Å². The molecule has 1 aliphatic rings. The lowest BCUT2D eigenvalue weighted by molar-refractivity contribution is 0.0854. The van der Waals surface area contributed by atoms with Crippen molar-refractivity contribution in [1.29, 1.82) is 0 Å². The normalized spacial score (nSPS) is 25.1. The molecule has 2 heteroatoms. The van der Waals surface area contributed by atoms with Gasteiger partial charge in [-0.3, -0.25) is 4.90 Å². The molecule has 1 fully saturated rings. The van der Waals surface area contributed by atoms with Crippen LogP contribution in [-0.4, -0.2) is 24.0 Å². The number of rotatable bonds is 3. The van der Waals surface area contributed by atoms with E-state index in [1.807, 2.05) is 0 Å². The van der Waals surface area contributed by atoms with E-state index in [4.69, 9.17) is 5.73 Å². The second-order valence-electron chi connectivity index (χ2n) is 6.54. The Morgan fingerprint density at radius 2 is 1.90 bits per heavy atom. The van der Waals surface area contributed by atoms with Gasteiger partial charge in [-0.05, 0) is 48.6 Å². The fourth-order valence-electron chi connectivity index (χ4n) is 3.87. The van der Waals surface area contributed by atoms with E-state index in [0.29, 0.717) is 18.6 Å². The third-order valence-electron chi connectivity index (χ3n) is 5.00. The standard InChI is InChI=1S/C19H26N2/c1-14-10-11-21(15(2)12-14)19(13-20)18-9-5-7-16-6-3-4-8-17(16)18/h3-9,14-15,19H,10-13,20H2,1-2H3. The van der Waals surface area contributed by atoms with Crippen molar-refractivity contribution in [2.24, 2.45) is 11.7 Å². The molecule has 112 valence electrons. The number of nitrogens with two attached hydrogens (primary N) is 1. The molecule has 3 unspecified atom stereocenters. The number of hydrogen-bond donors (Lipinski definition) is 1. The van der Waals surface area contributed by atoms with E-state index in [9.17, 15) is 0 Å². The second-order valence-corrected chi connectivity index (χ2v) is 6.54. The van der Waals surface area contributed by atoms with Gasteiger partial charge in [-0.25, -0.2) is 0 Å². The fourth-order valence-corrected chi connectivity index (χ4v) is 3.87. The van der Waals surface area contributed by atoms with Crippen LogP contribution in [0.2, 0.25) is 0 Å². The number of piperidine rings is 1. The zero-order valence-electron chi connectivity index (χ0n) is 13.1. The SMILES string of the molecule is CC1CCN(C(CN)c2cccc3ccccc23)C(C)C1. The summed E-state index contributed by atoms with van der Waals surface area (Å²) in [6.07, 6.45) is 2.56. The molecule has 0 bridgehead atoms. The van der Waals surface area contributed by atoms with Gasteiger partial charge in [0.05, 0.1) is 0 Å². The zero-order chi connectivity index (χ0) is 14.8. The van der Waals surface area contributed by atoms with Crippen molar-refractivity contribution < 1.29 is 0 Å². The van der Waals surface area contributed by atoms with Gasteiger partial charge in [-0.1, -0.05) is 49.4 Å². The van der Waals surface area contributed by atoms with Crippen molar-refractivity contribution in [2.45, 2.75) is 38.8 Å². The largest absolute Gasteiger partial charge is 0.329 e. The van der Waals surface area contributed by atoms with Crippen molar-refractivity contribution in [1.82, 2.24) is 4.90 Å². The van der Waals surface area contributed by atoms with Crippen LogP contribution < -0.4 is 5.73 Å². The number of hydrogen-bond acceptors (Lipinski definition) is 2. The Morgan fingerprint density at radius 1 is 1.14 bits per heavy atom. The van der Waals surface area contributed by atoms with Gasteiger partial charge in [0.2, 0.25) is 0 Å². The van der Waals surface area contributed by atoms with Crippen molar-refractivity contribution in [3.63, 3.8) is 0 Å². The smallest absolute Gasteiger partial charge is 0.0479 e. The van der Waals surface area contributed by atoms with Crippen LogP contribution in [0, 0.1) is 5.92 Å². The van der Waals surface area contributed by atoms with Crippen LogP contribution in [0.15, 0.2) is 42.5 Å². The summed E-state index contributed by atoms with van der Waals surface area (Å²) >= 11 is 0. The Bertz CT molecular complexity index is 602. The van der Waals surface area contributed by atoms with Gasteiger partial charge in [0.15, 0.2) is 0 Å². The summed E-state index contributed by atoms with van der Waals surface area (Å²) in [6, 6.07) is 16.2. The summed E-state index contributed by atoms with van der Waals surface area (Å²) in [7, 11) is 0. The van der Waals surface area contributed by atoms with Gasteiger partial charge < -0.3 is 5.73 Å². The van der Waals surface area contributed by atoms with Crippen molar-refractivity contribution in [2.75, 3.05) is 13.1 Å². The highest BCUT2D eigenvalue weighted by molar-refractivity contribution is 5.86. The summed E-state index contributed by atoms with van der Waals surface area (Å²) in [6.45, 7) is 6.56. The summed E-state index contributed by atoms with van der Waals surface area (Å²) in [4.78, 5) is 2.61. The van der Waals surface area contributed by atoms with Gasteiger partial charge in [0, 0.05) is 18.6 Å². The van der Waals surface area contributed by atoms with Gasteiger partial charge >= 0.3 is 0 Å². The molecule has 2 N–H and O–H groups in total. The molecule has 2 nitrogen and oxygen atoms in total. The van der Waals surface area contributed by atoms with E-state index in [0.717, 1.165) is 12.5 Å². The van der Waals surface area contributed by atoms with E-state index in [1.165, 1.54) is 29.2 Å².